The monoisotopic (exact) mass is 212 g/mol. The Morgan fingerprint density at radius 2 is 2.13 bits per heavy atom. The van der Waals surface area contributed by atoms with Crippen molar-refractivity contribution in [1.82, 2.24) is 10.2 Å². The summed E-state index contributed by atoms with van der Waals surface area (Å²) in [5, 5.41) is 10.8. The fourth-order valence-electron chi connectivity index (χ4n) is 1.24. The summed E-state index contributed by atoms with van der Waals surface area (Å²) >= 11 is 0. The number of carboxylic acid groups (broad SMARTS) is 1. The molecule has 0 aliphatic carbocycles. The van der Waals surface area contributed by atoms with Crippen molar-refractivity contribution in [2.24, 2.45) is 0 Å². The zero-order chi connectivity index (χ0) is 11.6. The molecule has 0 spiro atoms. The Balaban J connectivity index is 2.68. The SMILES string of the molecule is CC1(C)NC(=O)N(C/C=C/C(=O)O)C1=O. The molecule has 0 unspecified atom stereocenters. The number of carbonyl (C=O) groups is 3. The van der Waals surface area contributed by atoms with E-state index in [2.05, 4.69) is 5.32 Å². The van der Waals surface area contributed by atoms with Crippen LogP contribution in [-0.2, 0) is 9.59 Å². The Morgan fingerprint density at radius 3 is 2.53 bits per heavy atom. The van der Waals surface area contributed by atoms with Gasteiger partial charge in [0.25, 0.3) is 5.91 Å². The van der Waals surface area contributed by atoms with Crippen molar-refractivity contribution >= 4 is 17.9 Å². The van der Waals surface area contributed by atoms with E-state index in [1.165, 1.54) is 6.08 Å². The quantitative estimate of drug-likeness (QED) is 0.507. The van der Waals surface area contributed by atoms with E-state index in [0.717, 1.165) is 11.0 Å². The molecule has 0 aromatic carbocycles. The van der Waals surface area contributed by atoms with Gasteiger partial charge < -0.3 is 10.4 Å². The highest BCUT2D eigenvalue weighted by atomic mass is 16.4. The van der Waals surface area contributed by atoms with Crippen molar-refractivity contribution in [3.8, 4) is 0 Å². The lowest BCUT2D eigenvalue weighted by Gasteiger charge is -2.14. The van der Waals surface area contributed by atoms with Gasteiger partial charge >= 0.3 is 12.0 Å². The van der Waals surface area contributed by atoms with Crippen LogP contribution in [0.4, 0.5) is 4.79 Å². The molecule has 6 heteroatoms. The molecule has 6 nitrogen and oxygen atoms in total. The molecular formula is C9H12N2O4. The van der Waals surface area contributed by atoms with E-state index in [0.29, 0.717) is 0 Å². The van der Waals surface area contributed by atoms with Crippen LogP contribution in [0.25, 0.3) is 0 Å². The third kappa shape index (κ3) is 2.34. The number of carbonyl (C=O) groups excluding carboxylic acids is 2. The minimum absolute atomic E-state index is 0.0274. The third-order valence-electron chi connectivity index (χ3n) is 1.99. The van der Waals surface area contributed by atoms with E-state index in [-0.39, 0.29) is 12.5 Å². The Kier molecular flexibility index (Phi) is 2.78. The maximum atomic E-state index is 11.6. The number of hydrogen-bond acceptors (Lipinski definition) is 3. The smallest absolute Gasteiger partial charge is 0.328 e. The highest BCUT2D eigenvalue weighted by Crippen LogP contribution is 2.15. The van der Waals surface area contributed by atoms with Gasteiger partial charge in [-0.15, -0.1) is 0 Å². The van der Waals surface area contributed by atoms with Gasteiger partial charge in [0, 0.05) is 12.6 Å². The first-order chi connectivity index (χ1) is 6.84. The number of amides is 3. The molecule has 0 bridgehead atoms. The van der Waals surface area contributed by atoms with E-state index in [1.54, 1.807) is 13.8 Å². The number of carboxylic acids is 1. The Bertz CT molecular complexity index is 346. The van der Waals surface area contributed by atoms with Gasteiger partial charge in [-0.3, -0.25) is 9.69 Å². The van der Waals surface area contributed by atoms with Crippen molar-refractivity contribution in [2.75, 3.05) is 6.54 Å². The van der Waals surface area contributed by atoms with Gasteiger partial charge in [-0.2, -0.15) is 0 Å². The number of urea groups is 1. The molecule has 0 atom stereocenters. The first-order valence-corrected chi connectivity index (χ1v) is 4.38. The average Bonchev–Trinajstić information content (AvgIpc) is 2.26. The van der Waals surface area contributed by atoms with Crippen LogP contribution in [0, 0.1) is 0 Å². The van der Waals surface area contributed by atoms with Gasteiger partial charge in [0.1, 0.15) is 5.54 Å². The molecule has 3 amide bonds. The van der Waals surface area contributed by atoms with E-state index in [1.807, 2.05) is 0 Å². The van der Waals surface area contributed by atoms with E-state index in [4.69, 9.17) is 5.11 Å². The second-order valence-electron chi connectivity index (χ2n) is 3.71. The van der Waals surface area contributed by atoms with Crippen LogP contribution >= 0.6 is 0 Å². The lowest BCUT2D eigenvalue weighted by Crippen LogP contribution is -2.40. The fourth-order valence-corrected chi connectivity index (χ4v) is 1.24. The molecule has 0 saturated carbocycles. The molecule has 0 aromatic heterocycles. The van der Waals surface area contributed by atoms with E-state index >= 15 is 0 Å². The molecule has 1 rings (SSSR count). The summed E-state index contributed by atoms with van der Waals surface area (Å²) in [6.07, 6.45) is 2.15. The van der Waals surface area contributed by atoms with Crippen LogP contribution in [0.15, 0.2) is 12.2 Å². The zero-order valence-electron chi connectivity index (χ0n) is 8.48. The molecule has 0 radical (unpaired) electrons. The second-order valence-corrected chi connectivity index (χ2v) is 3.71. The number of aliphatic carboxylic acids is 1. The molecule has 1 aliphatic rings. The average molecular weight is 212 g/mol. The van der Waals surface area contributed by atoms with Crippen LogP contribution in [0.1, 0.15) is 13.8 Å². The third-order valence-corrected chi connectivity index (χ3v) is 1.99. The van der Waals surface area contributed by atoms with E-state index in [9.17, 15) is 14.4 Å². The predicted octanol–water partition coefficient (Wildman–Crippen LogP) is -0.0424. The number of rotatable bonds is 3. The fraction of sp³-hybridized carbons (Fsp3) is 0.444. The highest BCUT2D eigenvalue weighted by molar-refractivity contribution is 6.06. The molecule has 1 saturated heterocycles. The molecule has 15 heavy (non-hydrogen) atoms. The predicted molar refractivity (Wildman–Crippen MR) is 51.1 cm³/mol. The van der Waals surface area contributed by atoms with Crippen molar-refractivity contribution in [3.63, 3.8) is 0 Å². The molecule has 82 valence electrons. The number of nitrogens with zero attached hydrogens (tertiary/aromatic N) is 1. The van der Waals surface area contributed by atoms with Crippen LogP contribution in [0.2, 0.25) is 0 Å². The molecule has 0 aromatic rings. The topological polar surface area (TPSA) is 86.7 Å². The minimum atomic E-state index is -1.11. The molecule has 1 heterocycles. The van der Waals surface area contributed by atoms with Gasteiger partial charge in [0.2, 0.25) is 0 Å². The van der Waals surface area contributed by atoms with E-state index < -0.39 is 17.5 Å². The van der Waals surface area contributed by atoms with Gasteiger partial charge in [-0.05, 0) is 13.8 Å². The summed E-state index contributed by atoms with van der Waals surface area (Å²) in [6, 6.07) is -0.500. The largest absolute Gasteiger partial charge is 0.478 e. The Morgan fingerprint density at radius 1 is 1.53 bits per heavy atom. The lowest BCUT2D eigenvalue weighted by molar-refractivity contribution is -0.132. The van der Waals surface area contributed by atoms with Gasteiger partial charge in [-0.1, -0.05) is 6.08 Å². The van der Waals surface area contributed by atoms with Gasteiger partial charge in [0.15, 0.2) is 0 Å². The zero-order valence-corrected chi connectivity index (χ0v) is 8.48. The van der Waals surface area contributed by atoms with Gasteiger partial charge in [0.05, 0.1) is 0 Å². The first kappa shape index (κ1) is 11.2. The van der Waals surface area contributed by atoms with Crippen molar-refractivity contribution in [3.05, 3.63) is 12.2 Å². The lowest BCUT2D eigenvalue weighted by atomic mass is 10.1. The molecule has 1 fully saturated rings. The van der Waals surface area contributed by atoms with Gasteiger partial charge in [-0.25, -0.2) is 9.59 Å². The number of nitrogens with one attached hydrogen (secondary N) is 1. The minimum Gasteiger partial charge on any atom is -0.478 e. The van der Waals surface area contributed by atoms with Crippen LogP contribution < -0.4 is 5.32 Å². The molecule has 1 aliphatic heterocycles. The Labute approximate surface area is 86.6 Å². The van der Waals surface area contributed by atoms with Crippen LogP contribution in [0.5, 0.6) is 0 Å². The maximum absolute atomic E-state index is 11.6. The van der Waals surface area contributed by atoms with Crippen LogP contribution in [0.3, 0.4) is 0 Å². The Hall–Kier alpha value is -1.85. The second kappa shape index (κ2) is 3.72. The summed E-state index contributed by atoms with van der Waals surface area (Å²) < 4.78 is 0. The normalized spacial score (nSPS) is 19.7. The van der Waals surface area contributed by atoms with Crippen molar-refractivity contribution < 1.29 is 19.5 Å². The van der Waals surface area contributed by atoms with Crippen molar-refractivity contribution in [2.45, 2.75) is 19.4 Å². The molecular weight excluding hydrogens is 200 g/mol. The summed E-state index contributed by atoms with van der Waals surface area (Å²) in [4.78, 5) is 34.0. The summed E-state index contributed by atoms with van der Waals surface area (Å²) in [7, 11) is 0. The van der Waals surface area contributed by atoms with Crippen LogP contribution in [-0.4, -0.2) is 40.0 Å². The highest BCUT2D eigenvalue weighted by Gasteiger charge is 2.43. The summed E-state index contributed by atoms with van der Waals surface area (Å²) in [5.74, 6) is -1.47. The number of imide groups is 1. The van der Waals surface area contributed by atoms with Crippen molar-refractivity contribution in [1.29, 1.82) is 0 Å². The summed E-state index contributed by atoms with van der Waals surface area (Å²) in [6.45, 7) is 3.16. The summed E-state index contributed by atoms with van der Waals surface area (Å²) in [5.41, 5.74) is -0.909. The molecule has 2 N–H and O–H groups in total. The first-order valence-electron chi connectivity index (χ1n) is 4.38. The standard InChI is InChI=1S/C9H12N2O4/c1-9(2)7(14)11(8(15)10-9)5-3-4-6(12)13/h3-4H,5H2,1-2H3,(H,10,15)(H,12,13)/b4-3+. The number of hydrogen-bond donors (Lipinski definition) is 2. The maximum Gasteiger partial charge on any atom is 0.328 e.